The molecule has 2 aromatic carbocycles. The van der Waals surface area contributed by atoms with Crippen molar-refractivity contribution in [2.45, 2.75) is 40.0 Å². The Morgan fingerprint density at radius 1 is 1.17 bits per heavy atom. The minimum atomic E-state index is -0.422. The second kappa shape index (κ2) is 8.52. The van der Waals surface area contributed by atoms with Gasteiger partial charge in [-0.1, -0.05) is 26.8 Å². The molecule has 3 rings (SSSR count). The van der Waals surface area contributed by atoms with Gasteiger partial charge in [-0.15, -0.1) is 0 Å². The largest absolute Gasteiger partial charge is 0.297 e. The zero-order valence-electron chi connectivity index (χ0n) is 18.1. The molecule has 0 amide bonds. The number of aromatic nitrogens is 2. The maximum absolute atomic E-state index is 10.8. The number of hydrogen-bond donors (Lipinski definition) is 1. The van der Waals surface area contributed by atoms with Gasteiger partial charge in [-0.25, -0.2) is 0 Å². The normalized spacial score (nSPS) is 11.9. The number of nitro groups is 1. The maximum Gasteiger partial charge on any atom is 0.269 e. The Hall–Kier alpha value is -3.42. The summed E-state index contributed by atoms with van der Waals surface area (Å²) in [5.74, 6) is 0. The molecule has 0 spiro atoms. The van der Waals surface area contributed by atoms with E-state index in [1.807, 2.05) is 4.79 Å². The van der Waals surface area contributed by atoms with Crippen molar-refractivity contribution in [3.63, 3.8) is 0 Å². The lowest BCUT2D eigenvalue weighted by Gasteiger charge is -2.22. The first-order chi connectivity index (χ1) is 14.2. The summed E-state index contributed by atoms with van der Waals surface area (Å²) < 4.78 is 0. The summed E-state index contributed by atoms with van der Waals surface area (Å²) in [5.41, 5.74) is 6.71. The monoisotopic (exact) mass is 408 g/mol. The highest BCUT2D eigenvalue weighted by Gasteiger charge is 2.18. The highest BCUT2D eigenvalue weighted by Crippen LogP contribution is 2.27. The molecule has 0 unspecified atom stereocenters. The lowest BCUT2D eigenvalue weighted by molar-refractivity contribution is -0.384. The van der Waals surface area contributed by atoms with Crippen molar-refractivity contribution in [2.75, 3.05) is 23.5 Å². The lowest BCUT2D eigenvalue weighted by Crippen LogP contribution is -2.36. The number of nitrogens with one attached hydrogen (secondary N) is 1. The van der Waals surface area contributed by atoms with E-state index >= 15 is 0 Å². The molecule has 1 N–H and O–H groups in total. The molecule has 0 fully saturated rings. The van der Waals surface area contributed by atoms with Crippen LogP contribution in [0.4, 0.5) is 11.4 Å². The quantitative estimate of drug-likeness (QED) is 0.349. The van der Waals surface area contributed by atoms with Crippen LogP contribution in [0.15, 0.2) is 47.6 Å². The zero-order valence-corrected chi connectivity index (χ0v) is 18.1. The number of hydrazone groups is 1. The first-order valence-corrected chi connectivity index (χ1v) is 10.1. The van der Waals surface area contributed by atoms with E-state index in [0.29, 0.717) is 5.69 Å². The van der Waals surface area contributed by atoms with E-state index in [2.05, 4.69) is 68.4 Å². The molecule has 0 aliphatic rings. The molecule has 8 nitrogen and oxygen atoms in total. The Bertz CT molecular complexity index is 1060. The molecular weight excluding hydrogens is 380 g/mol. The molecule has 158 valence electrons. The van der Waals surface area contributed by atoms with E-state index in [9.17, 15) is 10.1 Å². The summed E-state index contributed by atoms with van der Waals surface area (Å²) in [4.78, 5) is 12.3. The van der Waals surface area contributed by atoms with Gasteiger partial charge in [0, 0.05) is 30.6 Å². The molecule has 0 saturated heterocycles. The summed E-state index contributed by atoms with van der Waals surface area (Å²) in [7, 11) is 0. The van der Waals surface area contributed by atoms with Crippen molar-refractivity contribution >= 4 is 28.5 Å². The molecule has 1 heterocycles. The van der Waals surface area contributed by atoms with Gasteiger partial charge >= 0.3 is 0 Å². The van der Waals surface area contributed by atoms with Crippen molar-refractivity contribution < 1.29 is 4.92 Å². The Labute approximate surface area is 176 Å². The summed E-state index contributed by atoms with van der Waals surface area (Å²) in [6.45, 7) is 12.4. The number of nitrogens with zero attached hydrogens (tertiary/aromatic N) is 5. The number of benzene rings is 2. The molecule has 30 heavy (non-hydrogen) atoms. The van der Waals surface area contributed by atoms with Crippen LogP contribution in [0.5, 0.6) is 0 Å². The SMILES string of the molecule is CCN(CC)n1nc2ccc(C(C)(C)C)cc2c1/C=N/Nc1ccc([N+](=O)[O-])cc1. The van der Waals surface area contributed by atoms with E-state index in [1.54, 1.807) is 18.3 Å². The highest BCUT2D eigenvalue weighted by atomic mass is 16.6. The van der Waals surface area contributed by atoms with E-state index < -0.39 is 4.92 Å². The molecule has 0 aliphatic heterocycles. The molecule has 0 aliphatic carbocycles. The van der Waals surface area contributed by atoms with Gasteiger partial charge < -0.3 is 0 Å². The highest BCUT2D eigenvalue weighted by molar-refractivity contribution is 5.97. The van der Waals surface area contributed by atoms with Gasteiger partial charge in [0.25, 0.3) is 5.69 Å². The average Bonchev–Trinajstić information content (AvgIpc) is 3.06. The van der Waals surface area contributed by atoms with E-state index in [0.717, 1.165) is 29.7 Å². The molecule has 3 aromatic rings. The molecule has 1 aromatic heterocycles. The van der Waals surface area contributed by atoms with Crippen LogP contribution in [0.25, 0.3) is 10.9 Å². The number of hydrogen-bond acceptors (Lipinski definition) is 6. The van der Waals surface area contributed by atoms with Gasteiger partial charge in [-0.2, -0.15) is 15.0 Å². The fraction of sp³-hybridized carbons (Fsp3) is 0.364. The second-order valence-electron chi connectivity index (χ2n) is 8.07. The van der Waals surface area contributed by atoms with Gasteiger partial charge in [0.2, 0.25) is 0 Å². The van der Waals surface area contributed by atoms with Crippen LogP contribution >= 0.6 is 0 Å². The van der Waals surface area contributed by atoms with Crippen LogP contribution < -0.4 is 10.4 Å². The standard InChI is InChI=1S/C22H28N6O2/c1-6-26(7-2)27-21(15-23-24-17-9-11-18(12-10-17)28(29)30)19-14-16(22(3,4)5)8-13-20(19)25-27/h8-15,24H,6-7H2,1-5H3/b23-15+. The van der Waals surface area contributed by atoms with E-state index in [4.69, 9.17) is 5.10 Å². The maximum atomic E-state index is 10.8. The van der Waals surface area contributed by atoms with Crippen LogP contribution in [0.1, 0.15) is 45.9 Å². The van der Waals surface area contributed by atoms with Crippen LogP contribution in [0, 0.1) is 10.1 Å². The lowest BCUT2D eigenvalue weighted by atomic mass is 9.86. The zero-order chi connectivity index (χ0) is 21.9. The van der Waals surface area contributed by atoms with Gasteiger partial charge in [0.15, 0.2) is 0 Å². The van der Waals surface area contributed by atoms with Crippen LogP contribution in [0.2, 0.25) is 0 Å². The summed E-state index contributed by atoms with van der Waals surface area (Å²) in [6.07, 6.45) is 1.75. The third-order valence-electron chi connectivity index (χ3n) is 5.01. The molecule has 0 atom stereocenters. The van der Waals surface area contributed by atoms with Gasteiger partial charge in [0.05, 0.1) is 22.3 Å². The minimum Gasteiger partial charge on any atom is -0.297 e. The smallest absolute Gasteiger partial charge is 0.269 e. The Morgan fingerprint density at radius 2 is 1.83 bits per heavy atom. The third kappa shape index (κ3) is 4.42. The third-order valence-corrected chi connectivity index (χ3v) is 5.01. The van der Waals surface area contributed by atoms with Crippen LogP contribution in [-0.4, -0.2) is 34.1 Å². The fourth-order valence-corrected chi connectivity index (χ4v) is 3.21. The van der Waals surface area contributed by atoms with E-state index in [-0.39, 0.29) is 11.1 Å². The molecule has 0 saturated carbocycles. The average molecular weight is 409 g/mol. The molecular formula is C22H28N6O2. The van der Waals surface area contributed by atoms with Gasteiger partial charge in [-0.05, 0) is 49.1 Å². The molecule has 8 heteroatoms. The second-order valence-corrected chi connectivity index (χ2v) is 8.07. The summed E-state index contributed by atoms with van der Waals surface area (Å²) in [5, 5.41) is 23.1. The van der Waals surface area contributed by atoms with Crippen molar-refractivity contribution in [1.29, 1.82) is 0 Å². The van der Waals surface area contributed by atoms with Crippen molar-refractivity contribution in [3.05, 3.63) is 63.8 Å². The predicted molar refractivity (Wildman–Crippen MR) is 122 cm³/mol. The van der Waals surface area contributed by atoms with Gasteiger partial charge in [-0.3, -0.25) is 20.5 Å². The number of rotatable bonds is 7. The minimum absolute atomic E-state index is 0.0247. The number of anilines is 1. The first-order valence-electron chi connectivity index (χ1n) is 10.1. The van der Waals surface area contributed by atoms with Crippen molar-refractivity contribution in [2.24, 2.45) is 5.10 Å². The summed E-state index contributed by atoms with van der Waals surface area (Å²) in [6, 6.07) is 12.5. The summed E-state index contributed by atoms with van der Waals surface area (Å²) >= 11 is 0. The van der Waals surface area contributed by atoms with Crippen molar-refractivity contribution in [1.82, 2.24) is 9.89 Å². The topological polar surface area (TPSA) is 88.6 Å². The number of nitro benzene ring substituents is 1. The first kappa shape index (κ1) is 21.3. The predicted octanol–water partition coefficient (Wildman–Crippen LogP) is 4.67. The Kier molecular flexibility index (Phi) is 6.05. The Morgan fingerprint density at radius 3 is 2.40 bits per heavy atom. The van der Waals surface area contributed by atoms with Gasteiger partial charge in [0.1, 0.15) is 5.69 Å². The molecule has 0 bridgehead atoms. The van der Waals surface area contributed by atoms with Crippen LogP contribution in [0.3, 0.4) is 0 Å². The van der Waals surface area contributed by atoms with Crippen LogP contribution in [-0.2, 0) is 5.41 Å². The number of fused-ring (bicyclic) bond motifs is 1. The number of non-ortho nitro benzene ring substituents is 1. The van der Waals surface area contributed by atoms with Crippen molar-refractivity contribution in [3.8, 4) is 0 Å². The molecule has 0 radical (unpaired) electrons. The van der Waals surface area contributed by atoms with E-state index in [1.165, 1.54) is 17.7 Å². The fourth-order valence-electron chi connectivity index (χ4n) is 3.21. The Balaban J connectivity index is 1.99.